The van der Waals surface area contributed by atoms with Crippen molar-refractivity contribution >= 4 is 28.2 Å². The predicted molar refractivity (Wildman–Crippen MR) is 81.1 cm³/mol. The number of anilines is 1. The summed E-state index contributed by atoms with van der Waals surface area (Å²) in [5, 5.41) is 3.28. The lowest BCUT2D eigenvalue weighted by molar-refractivity contribution is 0.0528. The third-order valence-electron chi connectivity index (χ3n) is 2.96. The van der Waals surface area contributed by atoms with Crippen LogP contribution < -0.4 is 5.32 Å². The molecule has 1 N–H and O–H groups in total. The molecule has 0 unspecified atom stereocenters. The zero-order valence-electron chi connectivity index (χ0n) is 12.2. The minimum atomic E-state index is -0.423. The summed E-state index contributed by atoms with van der Waals surface area (Å²) in [5.41, 5.74) is 0.851. The lowest BCUT2D eigenvalue weighted by atomic mass is 10.2. The molecule has 0 bridgehead atoms. The van der Waals surface area contributed by atoms with Crippen molar-refractivity contribution in [3.63, 3.8) is 0 Å². The number of carbonyl (C=O) groups excluding carboxylic acids is 2. The van der Waals surface area contributed by atoms with Gasteiger partial charge in [0.15, 0.2) is 0 Å². The number of thiophene rings is 1. The van der Waals surface area contributed by atoms with Gasteiger partial charge in [-0.2, -0.15) is 0 Å². The van der Waals surface area contributed by atoms with Crippen molar-refractivity contribution in [2.24, 2.45) is 0 Å². The molecule has 0 saturated carbocycles. The first kappa shape index (κ1) is 15.3. The fourth-order valence-electron chi connectivity index (χ4n) is 1.86. The molecule has 5 nitrogen and oxygen atoms in total. The van der Waals surface area contributed by atoms with Gasteiger partial charge in [-0.1, -0.05) is 6.92 Å². The maximum atomic E-state index is 12.2. The van der Waals surface area contributed by atoms with Crippen molar-refractivity contribution in [3.05, 3.63) is 40.2 Å². The number of carbonyl (C=O) groups is 2. The van der Waals surface area contributed by atoms with E-state index in [0.29, 0.717) is 28.5 Å². The van der Waals surface area contributed by atoms with Crippen molar-refractivity contribution < 1.29 is 18.7 Å². The first-order chi connectivity index (χ1) is 10.1. The molecule has 6 heteroatoms. The average Bonchev–Trinajstić information content (AvgIpc) is 3.05. The van der Waals surface area contributed by atoms with Crippen LogP contribution in [-0.4, -0.2) is 18.5 Å². The molecule has 0 aromatic carbocycles. The summed E-state index contributed by atoms with van der Waals surface area (Å²) in [4.78, 5) is 25.2. The zero-order valence-corrected chi connectivity index (χ0v) is 13.0. The monoisotopic (exact) mass is 307 g/mol. The highest BCUT2D eigenvalue weighted by atomic mass is 32.1. The number of hydrogen-bond acceptors (Lipinski definition) is 5. The third kappa shape index (κ3) is 3.33. The highest BCUT2D eigenvalue weighted by Crippen LogP contribution is 2.30. The molecule has 0 aliphatic rings. The highest BCUT2D eigenvalue weighted by molar-refractivity contribution is 7.16. The van der Waals surface area contributed by atoms with Gasteiger partial charge in [0, 0.05) is 4.88 Å². The second-order valence-corrected chi connectivity index (χ2v) is 5.51. The molecule has 21 heavy (non-hydrogen) atoms. The molecule has 0 atom stereocenters. The molecule has 0 spiro atoms. The first-order valence-electron chi connectivity index (χ1n) is 6.72. The normalized spacial score (nSPS) is 10.4. The van der Waals surface area contributed by atoms with E-state index in [-0.39, 0.29) is 5.91 Å². The summed E-state index contributed by atoms with van der Waals surface area (Å²) in [6, 6.07) is 3.36. The molecule has 0 aliphatic heterocycles. The van der Waals surface area contributed by atoms with Gasteiger partial charge in [-0.15, -0.1) is 11.3 Å². The lowest BCUT2D eigenvalue weighted by Crippen LogP contribution is -2.14. The fraction of sp³-hybridized carbons (Fsp3) is 0.333. The van der Waals surface area contributed by atoms with E-state index in [0.717, 1.165) is 11.3 Å². The van der Waals surface area contributed by atoms with Gasteiger partial charge in [0.2, 0.25) is 0 Å². The van der Waals surface area contributed by atoms with Crippen molar-refractivity contribution in [2.45, 2.75) is 27.2 Å². The van der Waals surface area contributed by atoms with E-state index in [1.807, 2.05) is 6.92 Å². The van der Waals surface area contributed by atoms with Gasteiger partial charge >= 0.3 is 5.97 Å². The van der Waals surface area contributed by atoms with E-state index in [2.05, 4.69) is 5.32 Å². The Hall–Kier alpha value is -2.08. The van der Waals surface area contributed by atoms with E-state index >= 15 is 0 Å². The summed E-state index contributed by atoms with van der Waals surface area (Å²) in [6.07, 6.45) is 2.25. The second kappa shape index (κ2) is 6.58. The lowest BCUT2D eigenvalue weighted by Gasteiger charge is -2.05. The Kier molecular flexibility index (Phi) is 4.80. The van der Waals surface area contributed by atoms with Gasteiger partial charge < -0.3 is 14.5 Å². The summed E-state index contributed by atoms with van der Waals surface area (Å²) in [6.45, 7) is 5.75. The Balaban J connectivity index is 2.26. The Morgan fingerprint density at radius 1 is 1.33 bits per heavy atom. The van der Waals surface area contributed by atoms with Gasteiger partial charge in [0.25, 0.3) is 5.91 Å². The average molecular weight is 307 g/mol. The standard InChI is InChI=1S/C15H17NO4S/c1-4-10-8-12(15(18)19-5-2)14(21-10)16-13(17)11-6-7-20-9(11)3/h6-8H,4-5H2,1-3H3,(H,16,17). The van der Waals surface area contributed by atoms with Gasteiger partial charge in [0.05, 0.1) is 24.0 Å². The van der Waals surface area contributed by atoms with Gasteiger partial charge in [-0.3, -0.25) is 4.79 Å². The van der Waals surface area contributed by atoms with Crippen LogP contribution in [0, 0.1) is 6.92 Å². The number of hydrogen-bond donors (Lipinski definition) is 1. The maximum absolute atomic E-state index is 12.2. The minimum Gasteiger partial charge on any atom is -0.469 e. The van der Waals surface area contributed by atoms with E-state index in [1.54, 1.807) is 26.0 Å². The molecule has 2 aromatic heterocycles. The van der Waals surface area contributed by atoms with Crippen LogP contribution in [0.4, 0.5) is 5.00 Å². The van der Waals surface area contributed by atoms with Crippen LogP contribution >= 0.6 is 11.3 Å². The molecular weight excluding hydrogens is 290 g/mol. The third-order valence-corrected chi connectivity index (χ3v) is 4.15. The summed E-state index contributed by atoms with van der Waals surface area (Å²) >= 11 is 1.38. The SMILES string of the molecule is CCOC(=O)c1cc(CC)sc1NC(=O)c1ccoc1C. The van der Waals surface area contributed by atoms with Gasteiger partial charge in [0.1, 0.15) is 10.8 Å². The number of nitrogens with one attached hydrogen (secondary N) is 1. The van der Waals surface area contributed by atoms with Crippen LogP contribution in [0.25, 0.3) is 0 Å². The highest BCUT2D eigenvalue weighted by Gasteiger charge is 2.20. The van der Waals surface area contributed by atoms with E-state index in [9.17, 15) is 9.59 Å². The molecule has 0 aliphatic carbocycles. The number of amides is 1. The Bertz CT molecular complexity index is 656. The van der Waals surface area contributed by atoms with E-state index < -0.39 is 5.97 Å². The molecule has 0 radical (unpaired) electrons. The van der Waals surface area contributed by atoms with Crippen molar-refractivity contribution in [1.29, 1.82) is 0 Å². The van der Waals surface area contributed by atoms with Gasteiger partial charge in [-0.25, -0.2) is 4.79 Å². The Morgan fingerprint density at radius 2 is 2.10 bits per heavy atom. The fourth-order valence-corrected chi connectivity index (χ4v) is 2.84. The molecule has 2 heterocycles. The first-order valence-corrected chi connectivity index (χ1v) is 7.53. The molecule has 112 valence electrons. The van der Waals surface area contributed by atoms with Crippen LogP contribution in [0.2, 0.25) is 0 Å². The summed E-state index contributed by atoms with van der Waals surface area (Å²) in [7, 11) is 0. The van der Waals surface area contributed by atoms with Crippen molar-refractivity contribution in [1.82, 2.24) is 0 Å². The Morgan fingerprint density at radius 3 is 2.67 bits per heavy atom. The quantitative estimate of drug-likeness (QED) is 0.856. The van der Waals surface area contributed by atoms with E-state index in [1.165, 1.54) is 17.6 Å². The number of esters is 1. The predicted octanol–water partition coefficient (Wildman–Crippen LogP) is 3.64. The molecule has 1 amide bonds. The molecule has 2 rings (SSSR count). The maximum Gasteiger partial charge on any atom is 0.341 e. The largest absolute Gasteiger partial charge is 0.469 e. The van der Waals surface area contributed by atoms with Crippen LogP contribution in [-0.2, 0) is 11.2 Å². The van der Waals surface area contributed by atoms with Crippen LogP contribution in [0.15, 0.2) is 22.8 Å². The summed E-state index contributed by atoms with van der Waals surface area (Å²) in [5.74, 6) is -0.179. The number of rotatable bonds is 5. The van der Waals surface area contributed by atoms with E-state index in [4.69, 9.17) is 9.15 Å². The van der Waals surface area contributed by atoms with Gasteiger partial charge in [-0.05, 0) is 32.4 Å². The zero-order chi connectivity index (χ0) is 15.4. The number of aryl methyl sites for hydroxylation is 2. The minimum absolute atomic E-state index is 0.295. The topological polar surface area (TPSA) is 68.5 Å². The number of ether oxygens (including phenoxy) is 1. The van der Waals surface area contributed by atoms with Crippen LogP contribution in [0.1, 0.15) is 45.2 Å². The van der Waals surface area contributed by atoms with Crippen LogP contribution in [0.3, 0.4) is 0 Å². The molecule has 0 saturated heterocycles. The Labute approximate surface area is 126 Å². The number of furan rings is 1. The van der Waals surface area contributed by atoms with Crippen LogP contribution in [0.5, 0.6) is 0 Å². The van der Waals surface area contributed by atoms with Crippen molar-refractivity contribution in [2.75, 3.05) is 11.9 Å². The van der Waals surface area contributed by atoms with Crippen molar-refractivity contribution in [3.8, 4) is 0 Å². The summed E-state index contributed by atoms with van der Waals surface area (Å²) < 4.78 is 10.1. The second-order valence-electron chi connectivity index (χ2n) is 4.37. The molecular formula is C15H17NO4S. The molecule has 2 aromatic rings. The molecule has 0 fully saturated rings. The smallest absolute Gasteiger partial charge is 0.341 e.